The highest BCUT2D eigenvalue weighted by Crippen LogP contribution is 2.38. The van der Waals surface area contributed by atoms with E-state index < -0.39 is 6.10 Å². The third-order valence-corrected chi connectivity index (χ3v) is 8.00. The number of carbonyl (C=O) groups is 1. The van der Waals surface area contributed by atoms with Gasteiger partial charge in [0, 0.05) is 68.1 Å². The van der Waals surface area contributed by atoms with Crippen LogP contribution in [-0.4, -0.2) is 94.4 Å². The van der Waals surface area contributed by atoms with Crippen molar-refractivity contribution in [2.45, 2.75) is 33.4 Å². The molecule has 3 aromatic rings. The third kappa shape index (κ3) is 5.02. The van der Waals surface area contributed by atoms with Crippen LogP contribution < -0.4 is 4.90 Å². The van der Waals surface area contributed by atoms with E-state index in [2.05, 4.69) is 21.7 Å². The summed E-state index contributed by atoms with van der Waals surface area (Å²) in [6.07, 6.45) is 0.900. The lowest BCUT2D eigenvalue weighted by Crippen LogP contribution is -2.50. The molecule has 2 saturated heterocycles. The van der Waals surface area contributed by atoms with Crippen LogP contribution in [0.3, 0.4) is 0 Å². The van der Waals surface area contributed by atoms with Gasteiger partial charge in [-0.1, -0.05) is 0 Å². The molecule has 2 aliphatic heterocycles. The molecule has 5 rings (SSSR count). The van der Waals surface area contributed by atoms with Crippen LogP contribution in [0.5, 0.6) is 0 Å². The Morgan fingerprint density at radius 3 is 2.51 bits per heavy atom. The summed E-state index contributed by atoms with van der Waals surface area (Å²) in [7, 11) is 0. The maximum absolute atomic E-state index is 12.1. The van der Waals surface area contributed by atoms with Gasteiger partial charge in [-0.05, 0) is 38.5 Å². The molecule has 5 heterocycles. The lowest BCUT2D eigenvalue weighted by molar-refractivity contribution is -0.141. The van der Waals surface area contributed by atoms with E-state index in [1.165, 1.54) is 17.4 Å². The summed E-state index contributed by atoms with van der Waals surface area (Å²) >= 11 is 1.77. The van der Waals surface area contributed by atoms with Gasteiger partial charge in [-0.3, -0.25) is 14.7 Å². The largest absolute Gasteiger partial charge is 0.384 e. The zero-order chi connectivity index (χ0) is 24.5. The predicted molar refractivity (Wildman–Crippen MR) is 137 cm³/mol. The van der Waals surface area contributed by atoms with Gasteiger partial charge in [0.25, 0.3) is 5.91 Å². The molecule has 1 atom stereocenters. The van der Waals surface area contributed by atoms with Crippen molar-refractivity contribution in [2.75, 3.05) is 57.4 Å². The van der Waals surface area contributed by atoms with E-state index in [0.29, 0.717) is 32.1 Å². The number of aliphatic hydroxyl groups excluding tert-OH is 1. The Kier molecular flexibility index (Phi) is 6.97. The second-order valence-corrected chi connectivity index (χ2v) is 10.4. The van der Waals surface area contributed by atoms with Crippen molar-refractivity contribution in [1.29, 1.82) is 0 Å². The molecule has 2 aliphatic rings. The number of piperazine rings is 1. The first-order valence-corrected chi connectivity index (χ1v) is 13.0. The molecule has 1 amide bonds. The minimum absolute atomic E-state index is 0.189. The SMILES string of the molecule is Cc1ccc(-c2nc(N3CCOCC3)c3sc(CN4CCN(C(=O)[C@H](C)O)CC4)c(C)c3n2)cn1. The number of aliphatic hydroxyl groups is 1. The Hall–Kier alpha value is -2.66. The second-order valence-electron chi connectivity index (χ2n) is 9.26. The van der Waals surface area contributed by atoms with Crippen LogP contribution in [0.2, 0.25) is 0 Å². The van der Waals surface area contributed by atoms with Crippen LogP contribution in [-0.2, 0) is 16.1 Å². The predicted octanol–water partition coefficient (Wildman–Crippen LogP) is 2.23. The molecule has 9 nitrogen and oxygen atoms in total. The number of carbonyl (C=O) groups excluding carboxylic acids is 1. The van der Waals surface area contributed by atoms with E-state index in [1.807, 2.05) is 25.3 Å². The highest BCUT2D eigenvalue weighted by Gasteiger charge is 2.26. The van der Waals surface area contributed by atoms with Gasteiger partial charge >= 0.3 is 0 Å². The minimum Gasteiger partial charge on any atom is -0.384 e. The normalized spacial score (nSPS) is 18.3. The number of aryl methyl sites for hydroxylation is 2. The van der Waals surface area contributed by atoms with E-state index in [0.717, 1.165) is 60.0 Å². The first-order valence-electron chi connectivity index (χ1n) is 12.2. The molecule has 0 saturated carbocycles. The number of amides is 1. The molecule has 0 bridgehead atoms. The van der Waals surface area contributed by atoms with Crippen molar-refractivity contribution in [3.05, 3.63) is 34.5 Å². The highest BCUT2D eigenvalue weighted by atomic mass is 32.1. The summed E-state index contributed by atoms with van der Waals surface area (Å²) in [5.74, 6) is 1.48. The Morgan fingerprint density at radius 1 is 1.11 bits per heavy atom. The highest BCUT2D eigenvalue weighted by molar-refractivity contribution is 7.19. The van der Waals surface area contributed by atoms with Crippen LogP contribution in [0, 0.1) is 13.8 Å². The molecular formula is C25H32N6O3S. The molecule has 2 fully saturated rings. The maximum atomic E-state index is 12.1. The Balaban J connectivity index is 1.45. The van der Waals surface area contributed by atoms with Gasteiger partial charge in [0.2, 0.25) is 0 Å². The van der Waals surface area contributed by atoms with Crippen molar-refractivity contribution in [1.82, 2.24) is 24.8 Å². The van der Waals surface area contributed by atoms with Gasteiger partial charge in [0.1, 0.15) is 6.10 Å². The van der Waals surface area contributed by atoms with Crippen molar-refractivity contribution < 1.29 is 14.6 Å². The molecule has 0 spiro atoms. The zero-order valence-corrected chi connectivity index (χ0v) is 21.3. The topological polar surface area (TPSA) is 94.9 Å². The van der Waals surface area contributed by atoms with Gasteiger partial charge in [0.15, 0.2) is 11.6 Å². The van der Waals surface area contributed by atoms with Gasteiger partial charge in [0.05, 0.1) is 23.4 Å². The van der Waals surface area contributed by atoms with Gasteiger partial charge in [-0.2, -0.15) is 0 Å². The molecule has 10 heteroatoms. The Morgan fingerprint density at radius 2 is 1.86 bits per heavy atom. The van der Waals surface area contributed by atoms with Crippen LogP contribution in [0.1, 0.15) is 23.1 Å². The van der Waals surface area contributed by atoms with E-state index in [4.69, 9.17) is 14.7 Å². The number of ether oxygens (including phenoxy) is 1. The maximum Gasteiger partial charge on any atom is 0.251 e. The number of rotatable bonds is 5. The average Bonchev–Trinajstić information content (AvgIpc) is 3.19. The van der Waals surface area contributed by atoms with Gasteiger partial charge < -0.3 is 19.6 Å². The number of hydrogen-bond donors (Lipinski definition) is 1. The first kappa shape index (κ1) is 24.1. The van der Waals surface area contributed by atoms with Crippen molar-refractivity contribution in [3.63, 3.8) is 0 Å². The van der Waals surface area contributed by atoms with Crippen LogP contribution in [0.15, 0.2) is 18.3 Å². The summed E-state index contributed by atoms with van der Waals surface area (Å²) in [5.41, 5.74) is 4.07. The number of morpholine rings is 1. The number of aromatic nitrogens is 3. The summed E-state index contributed by atoms with van der Waals surface area (Å²) in [6, 6.07) is 4.02. The molecule has 0 aromatic carbocycles. The lowest BCUT2D eigenvalue weighted by Gasteiger charge is -2.35. The van der Waals surface area contributed by atoms with E-state index in [-0.39, 0.29) is 5.91 Å². The standard InChI is InChI=1S/C25H32N6O3S/c1-16-4-5-19(14-26-16)23-27-21-17(2)20(15-29-6-8-31(9-7-29)25(33)18(3)32)35-22(21)24(28-23)30-10-12-34-13-11-30/h4-5,14,18,32H,6-13,15H2,1-3H3/t18-/m0/s1. The number of hydrogen-bond acceptors (Lipinski definition) is 9. The average molecular weight is 497 g/mol. The summed E-state index contributed by atoms with van der Waals surface area (Å²) in [5, 5.41) is 9.61. The van der Waals surface area contributed by atoms with Gasteiger partial charge in [-0.15, -0.1) is 11.3 Å². The van der Waals surface area contributed by atoms with Crippen molar-refractivity contribution in [3.8, 4) is 11.4 Å². The molecule has 0 unspecified atom stereocenters. The number of thiophene rings is 1. The van der Waals surface area contributed by atoms with Crippen LogP contribution in [0.4, 0.5) is 5.82 Å². The summed E-state index contributed by atoms with van der Waals surface area (Å²) in [6.45, 7) is 12.3. The van der Waals surface area contributed by atoms with E-state index in [9.17, 15) is 9.90 Å². The Bertz CT molecular complexity index is 1200. The second kappa shape index (κ2) is 10.1. The molecule has 1 N–H and O–H groups in total. The monoisotopic (exact) mass is 496 g/mol. The first-order chi connectivity index (χ1) is 16.9. The van der Waals surface area contributed by atoms with Gasteiger partial charge in [-0.25, -0.2) is 9.97 Å². The Labute approximate surface area is 209 Å². The summed E-state index contributed by atoms with van der Waals surface area (Å²) in [4.78, 5) is 34.3. The fourth-order valence-electron chi connectivity index (χ4n) is 4.58. The molecule has 3 aromatic heterocycles. The smallest absolute Gasteiger partial charge is 0.251 e. The lowest BCUT2D eigenvalue weighted by atomic mass is 10.2. The summed E-state index contributed by atoms with van der Waals surface area (Å²) < 4.78 is 6.71. The fraction of sp³-hybridized carbons (Fsp3) is 0.520. The van der Waals surface area contributed by atoms with Crippen molar-refractivity contribution >= 4 is 33.3 Å². The van der Waals surface area contributed by atoms with Crippen molar-refractivity contribution in [2.24, 2.45) is 0 Å². The fourth-order valence-corrected chi connectivity index (χ4v) is 5.89. The van der Waals surface area contributed by atoms with E-state index >= 15 is 0 Å². The molecular weight excluding hydrogens is 464 g/mol. The van der Waals surface area contributed by atoms with Crippen LogP contribution in [0.25, 0.3) is 21.6 Å². The molecule has 0 radical (unpaired) electrons. The zero-order valence-electron chi connectivity index (χ0n) is 20.5. The number of fused-ring (bicyclic) bond motifs is 1. The minimum atomic E-state index is -0.943. The molecule has 0 aliphatic carbocycles. The number of pyridine rings is 1. The molecule has 35 heavy (non-hydrogen) atoms. The van der Waals surface area contributed by atoms with E-state index in [1.54, 1.807) is 16.2 Å². The molecule has 186 valence electrons. The number of nitrogens with zero attached hydrogens (tertiary/aromatic N) is 6. The third-order valence-electron chi connectivity index (χ3n) is 6.74. The van der Waals surface area contributed by atoms with Crippen LogP contribution >= 0.6 is 11.3 Å². The number of anilines is 1. The quantitative estimate of drug-likeness (QED) is 0.575.